The van der Waals surface area contributed by atoms with Crippen LogP contribution in [0, 0.1) is 6.92 Å². The summed E-state index contributed by atoms with van der Waals surface area (Å²) in [4.78, 5) is 19.8. The second-order valence-electron chi connectivity index (χ2n) is 6.30. The fourth-order valence-electron chi connectivity index (χ4n) is 3.08. The Balaban J connectivity index is 1.80. The third-order valence-electron chi connectivity index (χ3n) is 4.40. The van der Waals surface area contributed by atoms with Gasteiger partial charge in [0.05, 0.1) is 22.6 Å². The van der Waals surface area contributed by atoms with Crippen molar-refractivity contribution in [1.29, 1.82) is 0 Å². The highest BCUT2D eigenvalue weighted by atomic mass is 35.5. The summed E-state index contributed by atoms with van der Waals surface area (Å²) in [5.41, 5.74) is 10.5. The van der Waals surface area contributed by atoms with Gasteiger partial charge in [-0.1, -0.05) is 30.7 Å². The molecule has 0 aliphatic carbocycles. The highest BCUT2D eigenvalue weighted by Crippen LogP contribution is 2.19. The van der Waals surface area contributed by atoms with E-state index in [9.17, 15) is 4.79 Å². The maximum Gasteiger partial charge on any atom is 0.252 e. The lowest BCUT2D eigenvalue weighted by Crippen LogP contribution is -2.15. The number of carbonyl (C=O) groups excluding carboxylic acids is 1. The number of benzene rings is 1. The zero-order chi connectivity index (χ0) is 18.7. The number of halogens is 1. The van der Waals surface area contributed by atoms with Gasteiger partial charge in [-0.2, -0.15) is 5.10 Å². The molecule has 0 saturated carbocycles. The molecule has 1 amide bonds. The minimum absolute atomic E-state index is 0.467. The van der Waals surface area contributed by atoms with Crippen LogP contribution in [0.4, 0.5) is 0 Å². The Bertz CT molecular complexity index is 928. The molecular formula is C19H22ClN5O. The van der Waals surface area contributed by atoms with Crippen LogP contribution >= 0.6 is 11.6 Å². The molecule has 0 radical (unpaired) electrons. The molecular weight excluding hydrogens is 350 g/mol. The Morgan fingerprint density at radius 3 is 2.69 bits per heavy atom. The Morgan fingerprint density at radius 1 is 1.27 bits per heavy atom. The van der Waals surface area contributed by atoms with Crippen LogP contribution in [-0.4, -0.2) is 26.1 Å². The monoisotopic (exact) mass is 371 g/mol. The lowest BCUT2D eigenvalue weighted by Gasteiger charge is -2.04. The first-order chi connectivity index (χ1) is 12.5. The predicted octanol–water partition coefficient (Wildman–Crippen LogP) is 3.13. The van der Waals surface area contributed by atoms with E-state index in [2.05, 4.69) is 27.1 Å². The standard InChI is InChI=1S/C19H22ClN5O/c1-3-17-22-11(2)14(23-17)7-8-15-18(19(21)26)16(25-24-15)10-12-5-4-6-13(20)9-12/h4-6,9H,3,7-8,10H2,1-2H3,(H2,21,26)(H,22,23)(H,24,25). The van der Waals surface area contributed by atoms with Gasteiger partial charge in [-0.05, 0) is 37.5 Å². The Kier molecular flexibility index (Phi) is 5.42. The van der Waals surface area contributed by atoms with Crippen LogP contribution in [0.2, 0.25) is 5.02 Å². The van der Waals surface area contributed by atoms with Crippen molar-refractivity contribution in [3.05, 3.63) is 69.0 Å². The molecule has 136 valence electrons. The van der Waals surface area contributed by atoms with E-state index in [1.54, 1.807) is 0 Å². The van der Waals surface area contributed by atoms with Crippen molar-refractivity contribution in [3.63, 3.8) is 0 Å². The van der Waals surface area contributed by atoms with E-state index in [0.717, 1.165) is 29.2 Å². The van der Waals surface area contributed by atoms with Crippen molar-refractivity contribution in [2.75, 3.05) is 0 Å². The molecule has 0 aliphatic heterocycles. The number of nitrogens with two attached hydrogens (primary N) is 1. The molecule has 6 nitrogen and oxygen atoms in total. The van der Waals surface area contributed by atoms with Gasteiger partial charge in [-0.3, -0.25) is 9.89 Å². The molecule has 4 N–H and O–H groups in total. The maximum absolute atomic E-state index is 12.0. The van der Waals surface area contributed by atoms with Crippen molar-refractivity contribution in [3.8, 4) is 0 Å². The normalized spacial score (nSPS) is 11.0. The van der Waals surface area contributed by atoms with E-state index >= 15 is 0 Å². The van der Waals surface area contributed by atoms with Gasteiger partial charge in [0.1, 0.15) is 5.82 Å². The molecule has 0 bridgehead atoms. The smallest absolute Gasteiger partial charge is 0.252 e. The quantitative estimate of drug-likeness (QED) is 0.594. The number of rotatable bonds is 7. The number of aromatic amines is 2. The molecule has 7 heteroatoms. The average Bonchev–Trinajstić information content (AvgIpc) is 3.16. The first-order valence-electron chi connectivity index (χ1n) is 8.62. The first-order valence-corrected chi connectivity index (χ1v) is 9.00. The van der Waals surface area contributed by atoms with Crippen LogP contribution in [0.25, 0.3) is 0 Å². The zero-order valence-corrected chi connectivity index (χ0v) is 15.7. The van der Waals surface area contributed by atoms with Gasteiger partial charge >= 0.3 is 0 Å². The van der Waals surface area contributed by atoms with Gasteiger partial charge in [-0.25, -0.2) is 4.98 Å². The SMILES string of the molecule is CCc1nc(CCc2n[nH]c(Cc3cccc(Cl)c3)c2C(N)=O)c(C)[nH]1. The summed E-state index contributed by atoms with van der Waals surface area (Å²) >= 11 is 6.04. The fraction of sp³-hybridized carbons (Fsp3) is 0.316. The van der Waals surface area contributed by atoms with Gasteiger partial charge in [0, 0.05) is 23.6 Å². The second-order valence-corrected chi connectivity index (χ2v) is 6.74. The summed E-state index contributed by atoms with van der Waals surface area (Å²) in [5.74, 6) is 0.495. The molecule has 2 heterocycles. The highest BCUT2D eigenvalue weighted by Gasteiger charge is 2.19. The highest BCUT2D eigenvalue weighted by molar-refractivity contribution is 6.30. The van der Waals surface area contributed by atoms with Crippen molar-refractivity contribution < 1.29 is 4.79 Å². The van der Waals surface area contributed by atoms with Crippen LogP contribution in [0.5, 0.6) is 0 Å². The van der Waals surface area contributed by atoms with E-state index in [0.29, 0.717) is 41.2 Å². The maximum atomic E-state index is 12.0. The summed E-state index contributed by atoms with van der Waals surface area (Å²) in [6.07, 6.45) is 2.68. The third-order valence-corrected chi connectivity index (χ3v) is 4.64. The first kappa shape index (κ1) is 18.2. The van der Waals surface area contributed by atoms with Crippen LogP contribution in [-0.2, 0) is 25.7 Å². The largest absolute Gasteiger partial charge is 0.365 e. The number of primary amides is 1. The molecule has 0 spiro atoms. The van der Waals surface area contributed by atoms with Gasteiger partial charge in [0.25, 0.3) is 5.91 Å². The Morgan fingerprint density at radius 2 is 2.04 bits per heavy atom. The predicted molar refractivity (Wildman–Crippen MR) is 101 cm³/mol. The molecule has 0 saturated heterocycles. The average molecular weight is 372 g/mol. The van der Waals surface area contributed by atoms with Gasteiger partial charge in [-0.15, -0.1) is 0 Å². The van der Waals surface area contributed by atoms with E-state index in [-0.39, 0.29) is 0 Å². The number of nitrogens with one attached hydrogen (secondary N) is 2. The number of aromatic nitrogens is 4. The zero-order valence-electron chi connectivity index (χ0n) is 14.9. The number of amides is 1. The van der Waals surface area contributed by atoms with E-state index in [4.69, 9.17) is 17.3 Å². The van der Waals surface area contributed by atoms with Gasteiger partial charge in [0.15, 0.2) is 0 Å². The van der Waals surface area contributed by atoms with Crippen molar-refractivity contribution in [2.24, 2.45) is 5.73 Å². The topological polar surface area (TPSA) is 100 Å². The van der Waals surface area contributed by atoms with Crippen LogP contribution in [0.15, 0.2) is 24.3 Å². The molecule has 0 atom stereocenters. The summed E-state index contributed by atoms with van der Waals surface area (Å²) in [6.45, 7) is 4.06. The fourth-order valence-corrected chi connectivity index (χ4v) is 3.30. The number of aryl methyl sites for hydroxylation is 4. The molecule has 0 unspecified atom stereocenters. The minimum Gasteiger partial charge on any atom is -0.365 e. The van der Waals surface area contributed by atoms with E-state index in [1.807, 2.05) is 31.2 Å². The van der Waals surface area contributed by atoms with E-state index in [1.165, 1.54) is 0 Å². The summed E-state index contributed by atoms with van der Waals surface area (Å²) < 4.78 is 0. The third kappa shape index (κ3) is 3.96. The van der Waals surface area contributed by atoms with Crippen LogP contribution in [0.1, 0.15) is 51.4 Å². The molecule has 3 rings (SSSR count). The Hall–Kier alpha value is -2.60. The molecule has 2 aromatic heterocycles. The van der Waals surface area contributed by atoms with Gasteiger partial charge in [0.2, 0.25) is 0 Å². The molecule has 1 aromatic carbocycles. The molecule has 0 fully saturated rings. The number of nitrogens with zero attached hydrogens (tertiary/aromatic N) is 2. The van der Waals surface area contributed by atoms with Gasteiger partial charge < -0.3 is 10.7 Å². The number of H-pyrrole nitrogens is 2. The van der Waals surface area contributed by atoms with Crippen molar-refractivity contribution in [2.45, 2.75) is 39.5 Å². The lowest BCUT2D eigenvalue weighted by atomic mass is 10.0. The van der Waals surface area contributed by atoms with Crippen LogP contribution in [0.3, 0.4) is 0 Å². The van der Waals surface area contributed by atoms with Crippen molar-refractivity contribution >= 4 is 17.5 Å². The molecule has 3 aromatic rings. The Labute approximate surface area is 157 Å². The summed E-state index contributed by atoms with van der Waals surface area (Å²) in [7, 11) is 0. The summed E-state index contributed by atoms with van der Waals surface area (Å²) in [6, 6.07) is 7.52. The number of imidazole rings is 1. The second kappa shape index (κ2) is 7.74. The lowest BCUT2D eigenvalue weighted by molar-refractivity contribution is 0.0998. The minimum atomic E-state index is -0.473. The number of hydrogen-bond acceptors (Lipinski definition) is 3. The number of carbonyl (C=O) groups is 1. The summed E-state index contributed by atoms with van der Waals surface area (Å²) in [5, 5.41) is 7.96. The van der Waals surface area contributed by atoms with Crippen molar-refractivity contribution in [1.82, 2.24) is 20.2 Å². The van der Waals surface area contributed by atoms with Crippen LogP contribution < -0.4 is 5.73 Å². The molecule has 26 heavy (non-hydrogen) atoms. The van der Waals surface area contributed by atoms with E-state index < -0.39 is 5.91 Å². The number of hydrogen-bond donors (Lipinski definition) is 3. The molecule has 0 aliphatic rings.